The number of nitro groups is 2. The maximum absolute atomic E-state index is 15.7. The topological polar surface area (TPSA) is 450 Å². The highest BCUT2D eigenvalue weighted by atomic mass is 19.4. The zero-order chi connectivity index (χ0) is 104. The van der Waals surface area contributed by atoms with Crippen molar-refractivity contribution in [3.05, 3.63) is 418 Å². The van der Waals surface area contributed by atoms with Crippen molar-refractivity contribution in [2.24, 2.45) is 0 Å². The van der Waals surface area contributed by atoms with Gasteiger partial charge in [0.1, 0.15) is 81.2 Å². The summed E-state index contributed by atoms with van der Waals surface area (Å²) >= 11 is 0. The van der Waals surface area contributed by atoms with Gasteiger partial charge in [-0.1, -0.05) is 66.7 Å². The number of halogens is 9. The number of hydrogen-bond donors (Lipinski definition) is 9. The molecule has 0 saturated carbocycles. The van der Waals surface area contributed by atoms with Crippen LogP contribution in [0.3, 0.4) is 0 Å². The predicted molar refractivity (Wildman–Crippen MR) is 502 cm³/mol. The van der Waals surface area contributed by atoms with Crippen molar-refractivity contribution in [2.45, 2.75) is 68.8 Å². The van der Waals surface area contributed by atoms with Crippen LogP contribution in [0.2, 0.25) is 0 Å². The lowest BCUT2D eigenvalue weighted by Crippen LogP contribution is -2.41. The molecule has 14 aromatic rings. The summed E-state index contributed by atoms with van der Waals surface area (Å²) in [4.78, 5) is 160. The number of aromatic hydroxyl groups is 5. The molecule has 8 amide bonds. The van der Waals surface area contributed by atoms with Crippen LogP contribution >= 0.6 is 0 Å². The van der Waals surface area contributed by atoms with Crippen LogP contribution in [-0.2, 0) is 38.9 Å². The van der Waals surface area contributed by atoms with Crippen molar-refractivity contribution in [1.82, 2.24) is 0 Å². The summed E-state index contributed by atoms with van der Waals surface area (Å²) in [7, 11) is 0. The number of rotatable bonds is 28. The quantitative estimate of drug-likeness (QED) is 0.00549. The number of nitro benzene ring substituents is 2. The van der Waals surface area contributed by atoms with Crippen LogP contribution in [-0.4, -0.2) is 113 Å². The van der Waals surface area contributed by atoms with Gasteiger partial charge in [-0.2, -0.15) is 39.5 Å². The molecule has 2 aliphatic heterocycles. The van der Waals surface area contributed by atoms with E-state index in [2.05, 4.69) is 21.3 Å². The van der Waals surface area contributed by atoms with Gasteiger partial charge in [0, 0.05) is 34.4 Å². The van der Waals surface area contributed by atoms with Gasteiger partial charge in [-0.3, -0.25) is 58.6 Å². The lowest BCUT2D eigenvalue weighted by Gasteiger charge is -2.34. The molecule has 0 radical (unpaired) electrons. The van der Waals surface area contributed by atoms with Gasteiger partial charge in [0.05, 0.1) is 88.5 Å². The zero-order valence-electron chi connectivity index (χ0n) is 75.0. The number of imide groups is 2. The Labute approximate surface area is 811 Å². The molecule has 3 atom stereocenters. The minimum atomic E-state index is -5.23. The fourth-order valence-corrected chi connectivity index (χ4v) is 16.3. The van der Waals surface area contributed by atoms with Crippen molar-refractivity contribution in [2.75, 3.05) is 31.1 Å². The highest BCUT2D eigenvalue weighted by Gasteiger charge is 2.57. The number of esters is 2. The number of phenols is 5. The molecule has 14 aromatic carbocycles. The molecule has 2 aliphatic rings. The molecule has 2 heterocycles. The number of phenolic OH excluding ortho intramolecular Hbond substituents is 5. The molecule has 0 bridgehead atoms. The number of fused-ring (bicyclic) bond motifs is 2. The number of carbonyl (C=O) groups is 10. The molecule has 145 heavy (non-hydrogen) atoms. The molecule has 16 rings (SSSR count). The number of amides is 8. The van der Waals surface area contributed by atoms with Gasteiger partial charge in [0.15, 0.2) is 0 Å². The number of carbonyl (C=O) groups excluding carboxylic acids is 10. The van der Waals surface area contributed by atoms with Crippen LogP contribution in [0.1, 0.15) is 169 Å². The van der Waals surface area contributed by atoms with Gasteiger partial charge in [-0.15, -0.1) is 0 Å². The first-order valence-electron chi connectivity index (χ1n) is 43.1. The van der Waals surface area contributed by atoms with Crippen LogP contribution in [0.15, 0.2) is 297 Å². The van der Waals surface area contributed by atoms with Crippen LogP contribution < -0.4 is 40.5 Å². The maximum atomic E-state index is 15.7. The lowest BCUT2D eigenvalue weighted by molar-refractivity contribution is -0.386. The molecule has 31 nitrogen and oxygen atoms in total. The van der Waals surface area contributed by atoms with E-state index in [1.165, 1.54) is 164 Å². The minimum absolute atomic E-state index is 0.0411. The molecular formula is C105H71F9N8O23. The Morgan fingerprint density at radius 2 is 0.586 bits per heavy atom. The smallest absolute Gasteiger partial charge is 0.402 e. The summed E-state index contributed by atoms with van der Waals surface area (Å²) in [5.41, 5.74) is -17.9. The number of ether oxygens (including phenoxy) is 4. The molecule has 0 aromatic heterocycles. The van der Waals surface area contributed by atoms with Gasteiger partial charge in [-0.05, 0) is 273 Å². The first-order chi connectivity index (χ1) is 68.7. The standard InChI is InChI=1S/C105H71F9N8O23/c1-100(103(106,107)108,63-11-8-12-69(47-63)119-94(132)74-38-23-59(45-76(74)96(119)134)98(136)142-53-61-9-4-6-13-82(61)121(138)139)64-25-40-85(123)78(48-64)115-90(128)55-15-30-70(31-16-55)144-71-32-17-56(18-33-71)91(129)116-79-49-65(26-41-86(79)124)101(2,104(109,110)111)66-27-42-87(125)80(50-66)117-92(130)57-19-34-72(35-20-57)145-73-36-21-58(22-37-73)93(131)118-81-51-67(28-43-88(81)126)102(3,105(112,113)114)68-29-44-89(127)84(52-68)120-95(133)75-39-24-60(46-77(75)97(120)135)99(137)143-54-62-10-5-7-14-83(62)122(140)141/h4-52,123-127H,53-54H2,1-3H3,(H,115,128)(H,116,129)(H,117,130)(H,118,131). The van der Waals surface area contributed by atoms with Crippen molar-refractivity contribution in [3.8, 4) is 51.7 Å². The first kappa shape index (κ1) is 99.0. The van der Waals surface area contributed by atoms with Crippen LogP contribution in [0, 0.1) is 20.2 Å². The van der Waals surface area contributed by atoms with Gasteiger partial charge in [0.2, 0.25) is 0 Å². The first-order valence-corrected chi connectivity index (χ1v) is 43.1. The van der Waals surface area contributed by atoms with Gasteiger partial charge < -0.3 is 65.7 Å². The number of benzene rings is 14. The number of nitrogens with one attached hydrogen (secondary N) is 4. The summed E-state index contributed by atoms with van der Waals surface area (Å²) in [6.07, 6.45) is -15.5. The zero-order valence-corrected chi connectivity index (χ0v) is 75.0. The van der Waals surface area contributed by atoms with E-state index >= 15 is 39.5 Å². The van der Waals surface area contributed by atoms with E-state index in [4.69, 9.17) is 18.9 Å². The molecule has 0 spiro atoms. The largest absolute Gasteiger partial charge is 0.506 e. The number of para-hydroxylation sites is 2. The summed E-state index contributed by atoms with van der Waals surface area (Å²) < 4.78 is 164. The van der Waals surface area contributed by atoms with Crippen molar-refractivity contribution in [3.63, 3.8) is 0 Å². The lowest BCUT2D eigenvalue weighted by atomic mass is 9.75. The summed E-state index contributed by atoms with van der Waals surface area (Å²) in [6, 6.07) is 55.9. The average molecular weight is 1980 g/mol. The molecule has 40 heteroatoms. The van der Waals surface area contributed by atoms with Crippen molar-refractivity contribution < 1.29 is 142 Å². The fourth-order valence-electron chi connectivity index (χ4n) is 16.3. The SMILES string of the molecule is CC(c1cccc(N2C(=O)c3ccc(C(=O)OCc4ccccc4[N+](=O)[O-])cc3C2=O)c1)(c1ccc(O)c(NC(=O)c2ccc(Oc3ccc(C(=O)Nc4cc(C(C)(c5ccc(O)c(NC(=O)c6ccc(Oc7ccc(C(=O)Nc8cc(C(C)(c9ccc(O)c(N%10C(=O)c%11ccc(C(=O)OCc%12ccccc%12[N+](=O)[O-])cc%11C%10=O)c9)C(F)(F)F)ccc8O)cc7)cc6)c5)C(F)(F)F)ccc4O)cc3)cc2)c1)C(F)(F)F. The van der Waals surface area contributed by atoms with E-state index in [0.29, 0.717) is 9.80 Å². The van der Waals surface area contributed by atoms with E-state index in [1.54, 1.807) is 0 Å². The van der Waals surface area contributed by atoms with Crippen molar-refractivity contribution >= 4 is 105 Å². The van der Waals surface area contributed by atoms with E-state index in [-0.39, 0.29) is 101 Å². The Morgan fingerprint density at radius 3 is 0.903 bits per heavy atom. The van der Waals surface area contributed by atoms with E-state index in [1.807, 2.05) is 0 Å². The van der Waals surface area contributed by atoms with Gasteiger partial charge in [0.25, 0.3) is 58.6 Å². The average Bonchev–Trinajstić information content (AvgIpc) is 1.62. The highest BCUT2D eigenvalue weighted by Crippen LogP contribution is 2.54. The highest BCUT2D eigenvalue weighted by molar-refractivity contribution is 6.36. The van der Waals surface area contributed by atoms with Crippen molar-refractivity contribution in [1.29, 1.82) is 0 Å². The Morgan fingerprint density at radius 1 is 0.310 bits per heavy atom. The Kier molecular flexibility index (Phi) is 26.4. The van der Waals surface area contributed by atoms with Crippen LogP contribution in [0.25, 0.3) is 0 Å². The predicted octanol–water partition coefficient (Wildman–Crippen LogP) is 21.5. The minimum Gasteiger partial charge on any atom is -0.506 e. The van der Waals surface area contributed by atoms with Crippen LogP contribution in [0.5, 0.6) is 51.7 Å². The Hall–Kier alpha value is -19.1. The maximum Gasteiger partial charge on any atom is 0.402 e. The normalized spacial score (nSPS) is 13.6. The van der Waals surface area contributed by atoms with E-state index in [0.717, 1.165) is 154 Å². The summed E-state index contributed by atoms with van der Waals surface area (Å²) in [5, 5.41) is 87.5. The second kappa shape index (κ2) is 38.6. The van der Waals surface area contributed by atoms with Crippen LogP contribution in [0.4, 0.5) is 85.0 Å². The van der Waals surface area contributed by atoms with E-state index in [9.17, 15) is 93.7 Å². The number of alkyl halides is 9. The molecule has 0 saturated heterocycles. The summed E-state index contributed by atoms with van der Waals surface area (Å²) in [5.74, 6) is -13.0. The number of anilines is 6. The summed E-state index contributed by atoms with van der Waals surface area (Å²) in [6.45, 7) is 1.25. The Bertz CT molecular complexity index is 7720. The second-order valence-corrected chi connectivity index (χ2v) is 33.5. The molecule has 3 unspecified atom stereocenters. The molecule has 732 valence electrons. The molecule has 0 aliphatic carbocycles. The number of hydrogen-bond acceptors (Lipinski definition) is 23. The Balaban J connectivity index is 0.523. The van der Waals surface area contributed by atoms with Gasteiger partial charge in [-0.25, -0.2) is 19.4 Å². The second-order valence-electron chi connectivity index (χ2n) is 33.5. The molecule has 9 N–H and O–H groups in total. The fraction of sp³-hybridized carbons (Fsp3) is 0.105. The van der Waals surface area contributed by atoms with Gasteiger partial charge >= 0.3 is 30.5 Å². The monoisotopic (exact) mass is 1980 g/mol. The third kappa shape index (κ3) is 19.3. The third-order valence-electron chi connectivity index (χ3n) is 24.7. The molecular weight excluding hydrogens is 1910 g/mol. The third-order valence-corrected chi connectivity index (χ3v) is 24.7. The number of nitrogens with zero attached hydrogens (tertiary/aromatic N) is 4. The van der Waals surface area contributed by atoms with E-state index < -0.39 is 213 Å². The molecule has 0 fully saturated rings.